The van der Waals surface area contributed by atoms with Crippen molar-refractivity contribution in [1.82, 2.24) is 10.2 Å². The number of carbonyl (C=O) groups excluding carboxylic acids is 2. The molecular formula is C19H17F3N2O2. The first-order valence-electron chi connectivity index (χ1n) is 8.25. The monoisotopic (exact) mass is 362 g/mol. The largest absolute Gasteiger partial charge is 0.349 e. The summed E-state index contributed by atoms with van der Waals surface area (Å²) < 4.78 is 39.9. The van der Waals surface area contributed by atoms with Crippen LogP contribution >= 0.6 is 0 Å². The first-order chi connectivity index (χ1) is 12.4. The standard InChI is InChI=1S/C19H17F3N2O2/c20-13-3-1-2-12(10-13)18(25)23-15-6-8-24(9-7-15)19(26)16-5-4-14(21)11-17(16)22/h1-5,10-11,15H,6-9H2,(H,23,25). The van der Waals surface area contributed by atoms with Crippen LogP contribution in [0.25, 0.3) is 0 Å². The van der Waals surface area contributed by atoms with Crippen molar-refractivity contribution in [1.29, 1.82) is 0 Å². The number of hydrogen-bond acceptors (Lipinski definition) is 2. The zero-order chi connectivity index (χ0) is 18.7. The van der Waals surface area contributed by atoms with Gasteiger partial charge in [-0.25, -0.2) is 13.2 Å². The van der Waals surface area contributed by atoms with E-state index in [0.717, 1.165) is 18.2 Å². The minimum absolute atomic E-state index is 0.159. The second kappa shape index (κ2) is 7.59. The number of piperidine rings is 1. The Morgan fingerprint density at radius 1 is 0.962 bits per heavy atom. The van der Waals surface area contributed by atoms with Crippen molar-refractivity contribution in [2.75, 3.05) is 13.1 Å². The van der Waals surface area contributed by atoms with Crippen LogP contribution in [0.4, 0.5) is 13.2 Å². The zero-order valence-electron chi connectivity index (χ0n) is 13.8. The summed E-state index contributed by atoms with van der Waals surface area (Å²) in [4.78, 5) is 26.0. The van der Waals surface area contributed by atoms with Gasteiger partial charge in [0, 0.05) is 30.8 Å². The topological polar surface area (TPSA) is 49.4 Å². The number of benzene rings is 2. The third-order valence-electron chi connectivity index (χ3n) is 4.37. The number of halogens is 3. The average molecular weight is 362 g/mol. The lowest BCUT2D eigenvalue weighted by Crippen LogP contribution is -2.46. The summed E-state index contributed by atoms with van der Waals surface area (Å²) in [6.07, 6.45) is 0.991. The molecule has 0 unspecified atom stereocenters. The summed E-state index contributed by atoms with van der Waals surface area (Å²) in [7, 11) is 0. The first-order valence-corrected chi connectivity index (χ1v) is 8.25. The highest BCUT2D eigenvalue weighted by Crippen LogP contribution is 2.17. The maximum absolute atomic E-state index is 13.7. The average Bonchev–Trinajstić information content (AvgIpc) is 2.62. The van der Waals surface area contributed by atoms with E-state index in [-0.39, 0.29) is 23.1 Å². The van der Waals surface area contributed by atoms with Gasteiger partial charge in [-0.3, -0.25) is 9.59 Å². The number of nitrogens with zero attached hydrogens (tertiary/aromatic N) is 1. The van der Waals surface area contributed by atoms with Crippen LogP contribution in [0.2, 0.25) is 0 Å². The molecule has 0 aliphatic carbocycles. The van der Waals surface area contributed by atoms with Crippen molar-refractivity contribution in [3.8, 4) is 0 Å². The molecule has 1 heterocycles. The van der Waals surface area contributed by atoms with Crippen molar-refractivity contribution in [3.63, 3.8) is 0 Å². The molecule has 1 saturated heterocycles. The lowest BCUT2D eigenvalue weighted by Gasteiger charge is -2.32. The van der Waals surface area contributed by atoms with E-state index < -0.39 is 23.4 Å². The van der Waals surface area contributed by atoms with Gasteiger partial charge in [0.15, 0.2) is 0 Å². The molecule has 1 N–H and O–H groups in total. The van der Waals surface area contributed by atoms with Crippen molar-refractivity contribution in [3.05, 3.63) is 71.0 Å². The summed E-state index contributed by atoms with van der Waals surface area (Å²) >= 11 is 0. The van der Waals surface area contributed by atoms with Crippen molar-refractivity contribution < 1.29 is 22.8 Å². The van der Waals surface area contributed by atoms with E-state index in [1.165, 1.54) is 23.1 Å². The predicted octanol–water partition coefficient (Wildman–Crippen LogP) is 3.14. The highest BCUT2D eigenvalue weighted by atomic mass is 19.1. The molecule has 1 aliphatic rings. The van der Waals surface area contributed by atoms with E-state index in [1.54, 1.807) is 0 Å². The number of hydrogen-bond donors (Lipinski definition) is 1. The molecule has 0 aromatic heterocycles. The maximum atomic E-state index is 13.7. The summed E-state index contributed by atoms with van der Waals surface area (Å²) in [6.45, 7) is 0.674. The van der Waals surface area contributed by atoms with Gasteiger partial charge in [-0.05, 0) is 43.2 Å². The van der Waals surface area contributed by atoms with Crippen LogP contribution in [0.3, 0.4) is 0 Å². The molecule has 26 heavy (non-hydrogen) atoms. The Morgan fingerprint density at radius 2 is 1.65 bits per heavy atom. The van der Waals surface area contributed by atoms with E-state index in [4.69, 9.17) is 0 Å². The van der Waals surface area contributed by atoms with Crippen LogP contribution in [0.15, 0.2) is 42.5 Å². The van der Waals surface area contributed by atoms with Gasteiger partial charge in [0.25, 0.3) is 11.8 Å². The molecule has 2 amide bonds. The fraction of sp³-hybridized carbons (Fsp3) is 0.263. The molecule has 0 saturated carbocycles. The molecular weight excluding hydrogens is 345 g/mol. The number of rotatable bonds is 3. The van der Waals surface area contributed by atoms with Gasteiger partial charge in [0.2, 0.25) is 0 Å². The molecule has 0 spiro atoms. The maximum Gasteiger partial charge on any atom is 0.256 e. The van der Waals surface area contributed by atoms with Crippen LogP contribution in [-0.4, -0.2) is 35.8 Å². The van der Waals surface area contributed by atoms with Crippen LogP contribution in [0.5, 0.6) is 0 Å². The molecule has 2 aromatic rings. The Kier molecular flexibility index (Phi) is 5.25. The van der Waals surface area contributed by atoms with Crippen LogP contribution in [-0.2, 0) is 0 Å². The van der Waals surface area contributed by atoms with E-state index in [0.29, 0.717) is 32.0 Å². The smallest absolute Gasteiger partial charge is 0.256 e. The Hall–Kier alpha value is -2.83. The number of carbonyl (C=O) groups is 2. The second-order valence-electron chi connectivity index (χ2n) is 6.17. The summed E-state index contributed by atoms with van der Waals surface area (Å²) in [5.41, 5.74) is 0.0607. The highest BCUT2D eigenvalue weighted by molar-refractivity contribution is 5.95. The summed E-state index contributed by atoms with van der Waals surface area (Å²) in [6, 6.07) is 8.09. The van der Waals surface area contributed by atoms with E-state index in [9.17, 15) is 22.8 Å². The molecule has 2 aromatic carbocycles. The van der Waals surface area contributed by atoms with Crippen molar-refractivity contribution >= 4 is 11.8 Å². The molecule has 4 nitrogen and oxygen atoms in total. The van der Waals surface area contributed by atoms with Gasteiger partial charge in [0.1, 0.15) is 17.5 Å². The summed E-state index contributed by atoms with van der Waals surface area (Å²) in [5, 5.41) is 2.81. The molecule has 7 heteroatoms. The minimum atomic E-state index is -0.892. The molecule has 0 radical (unpaired) electrons. The first kappa shape index (κ1) is 18.0. The number of likely N-dealkylation sites (tertiary alicyclic amines) is 1. The van der Waals surface area contributed by atoms with Gasteiger partial charge in [-0.2, -0.15) is 0 Å². The van der Waals surface area contributed by atoms with Gasteiger partial charge in [-0.15, -0.1) is 0 Å². The number of amides is 2. The van der Waals surface area contributed by atoms with Gasteiger partial charge in [0.05, 0.1) is 5.56 Å². The normalized spacial score (nSPS) is 15.0. The molecule has 136 valence electrons. The SMILES string of the molecule is O=C(NC1CCN(C(=O)c2ccc(F)cc2F)CC1)c1cccc(F)c1. The molecule has 0 bridgehead atoms. The quantitative estimate of drug-likeness (QED) is 0.912. The molecule has 1 aliphatic heterocycles. The number of nitrogens with one attached hydrogen (secondary N) is 1. The molecule has 3 rings (SSSR count). The molecule has 0 atom stereocenters. The van der Waals surface area contributed by atoms with Crippen molar-refractivity contribution in [2.45, 2.75) is 18.9 Å². The summed E-state index contributed by atoms with van der Waals surface area (Å²) in [5.74, 6) is -3.00. The third kappa shape index (κ3) is 4.04. The minimum Gasteiger partial charge on any atom is -0.349 e. The van der Waals surface area contributed by atoms with Gasteiger partial charge < -0.3 is 10.2 Å². The fourth-order valence-electron chi connectivity index (χ4n) is 2.96. The molecule has 1 fully saturated rings. The van der Waals surface area contributed by atoms with Gasteiger partial charge >= 0.3 is 0 Å². The van der Waals surface area contributed by atoms with Crippen LogP contribution < -0.4 is 5.32 Å². The zero-order valence-corrected chi connectivity index (χ0v) is 13.8. The Bertz CT molecular complexity index is 833. The Balaban J connectivity index is 1.57. The van der Waals surface area contributed by atoms with E-state index >= 15 is 0 Å². The second-order valence-corrected chi connectivity index (χ2v) is 6.17. The fourth-order valence-corrected chi connectivity index (χ4v) is 2.96. The highest BCUT2D eigenvalue weighted by Gasteiger charge is 2.26. The van der Waals surface area contributed by atoms with Crippen LogP contribution in [0.1, 0.15) is 33.6 Å². The van der Waals surface area contributed by atoms with E-state index in [1.807, 2.05) is 0 Å². The van der Waals surface area contributed by atoms with Crippen LogP contribution in [0, 0.1) is 17.5 Å². The third-order valence-corrected chi connectivity index (χ3v) is 4.37. The Morgan fingerprint density at radius 3 is 2.31 bits per heavy atom. The lowest BCUT2D eigenvalue weighted by atomic mass is 10.0. The van der Waals surface area contributed by atoms with Crippen molar-refractivity contribution in [2.24, 2.45) is 0 Å². The van der Waals surface area contributed by atoms with Gasteiger partial charge in [-0.1, -0.05) is 6.07 Å². The lowest BCUT2D eigenvalue weighted by molar-refractivity contribution is 0.0693. The Labute approximate surface area is 148 Å². The predicted molar refractivity (Wildman–Crippen MR) is 89.1 cm³/mol. The van der Waals surface area contributed by atoms with E-state index in [2.05, 4.69) is 5.32 Å².